The SMILES string of the molecule is O=C(NCc1ccnc(-n2cccn2)c1)Nc1cccc(COCC2CCCCO2)c1. The molecule has 1 fully saturated rings. The molecule has 31 heavy (non-hydrogen) atoms. The van der Waals surface area contributed by atoms with Crippen LogP contribution in [-0.2, 0) is 22.6 Å². The summed E-state index contributed by atoms with van der Waals surface area (Å²) in [6.07, 6.45) is 8.82. The van der Waals surface area contributed by atoms with E-state index in [0.717, 1.165) is 36.3 Å². The van der Waals surface area contributed by atoms with E-state index in [1.807, 2.05) is 48.7 Å². The summed E-state index contributed by atoms with van der Waals surface area (Å²) in [4.78, 5) is 16.6. The minimum Gasteiger partial charge on any atom is -0.376 e. The van der Waals surface area contributed by atoms with E-state index in [1.165, 1.54) is 6.42 Å². The molecule has 3 aromatic rings. The van der Waals surface area contributed by atoms with Crippen molar-refractivity contribution in [2.24, 2.45) is 0 Å². The fraction of sp³-hybridized carbons (Fsp3) is 0.348. The fourth-order valence-electron chi connectivity index (χ4n) is 3.44. The molecule has 1 aliphatic rings. The van der Waals surface area contributed by atoms with Gasteiger partial charge >= 0.3 is 6.03 Å². The zero-order chi connectivity index (χ0) is 21.3. The molecular formula is C23H27N5O3. The highest BCUT2D eigenvalue weighted by Gasteiger charge is 2.13. The van der Waals surface area contributed by atoms with Crippen LogP contribution in [0, 0.1) is 0 Å². The fourth-order valence-corrected chi connectivity index (χ4v) is 3.44. The maximum Gasteiger partial charge on any atom is 0.319 e. The molecule has 1 aromatic carbocycles. The number of hydrogen-bond acceptors (Lipinski definition) is 5. The van der Waals surface area contributed by atoms with Crippen LogP contribution in [0.15, 0.2) is 61.1 Å². The van der Waals surface area contributed by atoms with Crippen LogP contribution in [0.3, 0.4) is 0 Å². The van der Waals surface area contributed by atoms with Gasteiger partial charge in [-0.3, -0.25) is 0 Å². The largest absolute Gasteiger partial charge is 0.376 e. The van der Waals surface area contributed by atoms with Crippen molar-refractivity contribution in [1.29, 1.82) is 0 Å². The monoisotopic (exact) mass is 421 g/mol. The van der Waals surface area contributed by atoms with E-state index in [-0.39, 0.29) is 12.1 Å². The van der Waals surface area contributed by atoms with Gasteiger partial charge in [0.15, 0.2) is 5.82 Å². The Balaban J connectivity index is 1.24. The Morgan fingerprint density at radius 1 is 1.16 bits per heavy atom. The maximum absolute atomic E-state index is 12.3. The molecule has 1 unspecified atom stereocenters. The number of rotatable bonds is 8. The Morgan fingerprint density at radius 2 is 2.13 bits per heavy atom. The molecule has 162 valence electrons. The number of pyridine rings is 1. The molecule has 0 saturated carbocycles. The summed E-state index contributed by atoms with van der Waals surface area (Å²) < 4.78 is 13.2. The van der Waals surface area contributed by atoms with Gasteiger partial charge in [0.2, 0.25) is 0 Å². The van der Waals surface area contributed by atoms with Gasteiger partial charge in [0.25, 0.3) is 0 Å². The molecule has 0 aliphatic carbocycles. The highest BCUT2D eigenvalue weighted by molar-refractivity contribution is 5.89. The Bertz CT molecular complexity index is 971. The van der Waals surface area contributed by atoms with E-state index in [1.54, 1.807) is 17.1 Å². The van der Waals surface area contributed by atoms with Gasteiger partial charge in [0.05, 0.1) is 19.3 Å². The molecular weight excluding hydrogens is 394 g/mol. The third-order valence-electron chi connectivity index (χ3n) is 5.03. The Morgan fingerprint density at radius 3 is 2.97 bits per heavy atom. The third-order valence-corrected chi connectivity index (χ3v) is 5.03. The van der Waals surface area contributed by atoms with Crippen molar-refractivity contribution in [2.75, 3.05) is 18.5 Å². The summed E-state index contributed by atoms with van der Waals surface area (Å²) in [6, 6.07) is 13.0. The van der Waals surface area contributed by atoms with Gasteiger partial charge in [0, 0.05) is 37.4 Å². The first-order chi connectivity index (χ1) is 15.3. The standard InChI is InChI=1S/C23H27N5O3/c29-23(25-15-18-8-10-24-22(14-18)28-11-4-9-26-28)27-20-6-3-5-19(13-20)16-30-17-21-7-1-2-12-31-21/h3-6,8-11,13-14,21H,1-2,7,12,15-17H2,(H2,25,27,29). The summed E-state index contributed by atoms with van der Waals surface area (Å²) in [5.41, 5.74) is 2.66. The molecule has 2 amide bonds. The predicted octanol–water partition coefficient (Wildman–Crippen LogP) is 3.67. The third kappa shape index (κ3) is 6.37. The number of nitrogens with one attached hydrogen (secondary N) is 2. The molecule has 0 radical (unpaired) electrons. The molecule has 0 bridgehead atoms. The summed E-state index contributed by atoms with van der Waals surface area (Å²) in [5, 5.41) is 9.91. The van der Waals surface area contributed by atoms with Gasteiger partial charge < -0.3 is 20.1 Å². The summed E-state index contributed by atoms with van der Waals surface area (Å²) in [6.45, 7) is 2.30. The van der Waals surface area contributed by atoms with Crippen LogP contribution in [0.25, 0.3) is 5.82 Å². The van der Waals surface area contributed by atoms with E-state index in [0.29, 0.717) is 25.6 Å². The van der Waals surface area contributed by atoms with Crippen molar-refractivity contribution in [3.05, 3.63) is 72.2 Å². The summed E-state index contributed by atoms with van der Waals surface area (Å²) >= 11 is 0. The smallest absolute Gasteiger partial charge is 0.319 e. The molecule has 2 N–H and O–H groups in total. The minimum atomic E-state index is -0.272. The maximum atomic E-state index is 12.3. The van der Waals surface area contributed by atoms with Crippen molar-refractivity contribution in [1.82, 2.24) is 20.1 Å². The number of carbonyl (C=O) groups excluding carboxylic acids is 1. The lowest BCUT2D eigenvalue weighted by Crippen LogP contribution is -2.28. The van der Waals surface area contributed by atoms with E-state index >= 15 is 0 Å². The second-order valence-corrected chi connectivity index (χ2v) is 7.48. The lowest BCUT2D eigenvalue weighted by molar-refractivity contribution is -0.0447. The minimum absolute atomic E-state index is 0.197. The lowest BCUT2D eigenvalue weighted by atomic mass is 10.1. The average Bonchev–Trinajstić information content (AvgIpc) is 3.34. The van der Waals surface area contributed by atoms with Crippen molar-refractivity contribution in [2.45, 2.75) is 38.5 Å². The average molecular weight is 422 g/mol. The molecule has 0 spiro atoms. The first-order valence-electron chi connectivity index (χ1n) is 10.5. The number of carbonyl (C=O) groups is 1. The number of aromatic nitrogens is 3. The second-order valence-electron chi connectivity index (χ2n) is 7.48. The molecule has 8 heteroatoms. The van der Waals surface area contributed by atoms with Crippen LogP contribution < -0.4 is 10.6 Å². The number of anilines is 1. The van der Waals surface area contributed by atoms with Gasteiger partial charge in [-0.1, -0.05) is 12.1 Å². The number of ether oxygens (including phenoxy) is 2. The zero-order valence-electron chi connectivity index (χ0n) is 17.4. The summed E-state index contributed by atoms with van der Waals surface area (Å²) in [7, 11) is 0. The van der Waals surface area contributed by atoms with Crippen molar-refractivity contribution in [3.63, 3.8) is 0 Å². The highest BCUT2D eigenvalue weighted by atomic mass is 16.5. The quantitative estimate of drug-likeness (QED) is 0.579. The van der Waals surface area contributed by atoms with E-state index in [4.69, 9.17) is 9.47 Å². The van der Waals surface area contributed by atoms with Crippen molar-refractivity contribution in [3.8, 4) is 5.82 Å². The molecule has 2 aromatic heterocycles. The second kappa shape index (κ2) is 10.7. The van der Waals surface area contributed by atoms with Crippen LogP contribution in [-0.4, -0.2) is 40.1 Å². The summed E-state index contributed by atoms with van der Waals surface area (Å²) in [5.74, 6) is 0.705. The zero-order valence-corrected chi connectivity index (χ0v) is 17.4. The van der Waals surface area contributed by atoms with Gasteiger partial charge in [-0.2, -0.15) is 5.10 Å². The Hall–Kier alpha value is -3.23. The van der Waals surface area contributed by atoms with E-state index in [2.05, 4.69) is 20.7 Å². The van der Waals surface area contributed by atoms with E-state index in [9.17, 15) is 4.79 Å². The van der Waals surface area contributed by atoms with Gasteiger partial charge in [-0.05, 0) is 60.7 Å². The van der Waals surface area contributed by atoms with Gasteiger partial charge in [-0.25, -0.2) is 14.5 Å². The topological polar surface area (TPSA) is 90.3 Å². The van der Waals surface area contributed by atoms with Crippen molar-refractivity contribution < 1.29 is 14.3 Å². The molecule has 1 aliphatic heterocycles. The van der Waals surface area contributed by atoms with Crippen LogP contribution in [0.5, 0.6) is 0 Å². The number of nitrogens with zero attached hydrogens (tertiary/aromatic N) is 3. The van der Waals surface area contributed by atoms with Crippen LogP contribution in [0.2, 0.25) is 0 Å². The molecule has 3 heterocycles. The number of urea groups is 1. The molecule has 8 nitrogen and oxygen atoms in total. The first kappa shape index (κ1) is 21.0. The predicted molar refractivity (Wildman–Crippen MR) is 117 cm³/mol. The number of benzene rings is 1. The van der Waals surface area contributed by atoms with Crippen LogP contribution in [0.4, 0.5) is 10.5 Å². The van der Waals surface area contributed by atoms with Crippen LogP contribution >= 0.6 is 0 Å². The molecule has 4 rings (SSSR count). The lowest BCUT2D eigenvalue weighted by Gasteiger charge is -2.22. The normalized spacial score (nSPS) is 16.1. The highest BCUT2D eigenvalue weighted by Crippen LogP contribution is 2.15. The Labute approximate surface area is 181 Å². The number of amides is 2. The number of hydrogen-bond donors (Lipinski definition) is 2. The Kier molecular flexibility index (Phi) is 7.25. The first-order valence-corrected chi connectivity index (χ1v) is 10.5. The van der Waals surface area contributed by atoms with Gasteiger partial charge in [-0.15, -0.1) is 0 Å². The van der Waals surface area contributed by atoms with E-state index < -0.39 is 0 Å². The van der Waals surface area contributed by atoms with Crippen LogP contribution in [0.1, 0.15) is 30.4 Å². The molecule has 1 atom stereocenters. The van der Waals surface area contributed by atoms with Crippen molar-refractivity contribution >= 4 is 11.7 Å². The molecule has 1 saturated heterocycles. The van der Waals surface area contributed by atoms with Gasteiger partial charge in [0.1, 0.15) is 0 Å².